The zero-order valence-electron chi connectivity index (χ0n) is 9.41. The van der Waals surface area contributed by atoms with Crippen molar-refractivity contribution in [2.75, 3.05) is 13.1 Å². The van der Waals surface area contributed by atoms with Gasteiger partial charge in [-0.3, -0.25) is 4.79 Å². The highest BCUT2D eigenvalue weighted by atomic mass is 16.3. The highest BCUT2D eigenvalue weighted by Crippen LogP contribution is 2.24. The normalized spacial score (nSPS) is 27.7. The number of carbonyl (C=O) groups is 1. The van der Waals surface area contributed by atoms with E-state index < -0.39 is 0 Å². The highest BCUT2D eigenvalue weighted by molar-refractivity contribution is 5.78. The summed E-state index contributed by atoms with van der Waals surface area (Å²) in [5.74, 6) is 0.187. The van der Waals surface area contributed by atoms with Crippen molar-refractivity contribution < 1.29 is 9.90 Å². The molecule has 0 aromatic rings. The van der Waals surface area contributed by atoms with E-state index >= 15 is 0 Å². The fraction of sp³-hybridized carbons (Fsp3) is 0.909. The zero-order chi connectivity index (χ0) is 11.3. The molecule has 3 unspecified atom stereocenters. The van der Waals surface area contributed by atoms with Crippen LogP contribution in [-0.2, 0) is 4.79 Å². The lowest BCUT2D eigenvalue weighted by Crippen LogP contribution is -2.38. The number of aliphatic hydroxyl groups excluding tert-OH is 1. The van der Waals surface area contributed by atoms with Gasteiger partial charge in [0.05, 0.1) is 6.10 Å². The van der Waals surface area contributed by atoms with Crippen LogP contribution >= 0.6 is 0 Å². The maximum absolute atomic E-state index is 11.6. The monoisotopic (exact) mass is 214 g/mol. The van der Waals surface area contributed by atoms with Gasteiger partial charge in [-0.05, 0) is 19.3 Å². The zero-order valence-corrected chi connectivity index (χ0v) is 9.41. The Morgan fingerprint density at radius 2 is 2.33 bits per heavy atom. The minimum Gasteiger partial charge on any atom is -0.393 e. The van der Waals surface area contributed by atoms with E-state index in [0.717, 1.165) is 25.7 Å². The van der Waals surface area contributed by atoms with Gasteiger partial charge in [0.2, 0.25) is 5.91 Å². The fourth-order valence-corrected chi connectivity index (χ4v) is 2.09. The lowest BCUT2D eigenvalue weighted by atomic mass is 10.0. The molecule has 1 fully saturated rings. The van der Waals surface area contributed by atoms with Crippen LogP contribution in [0.3, 0.4) is 0 Å². The van der Waals surface area contributed by atoms with Gasteiger partial charge in [-0.2, -0.15) is 0 Å². The summed E-state index contributed by atoms with van der Waals surface area (Å²) >= 11 is 0. The van der Waals surface area contributed by atoms with Crippen LogP contribution in [0.1, 0.15) is 32.6 Å². The summed E-state index contributed by atoms with van der Waals surface area (Å²) in [6.07, 6.45) is 3.49. The number of rotatable bonds is 5. The summed E-state index contributed by atoms with van der Waals surface area (Å²) in [5, 5.41) is 12.5. The molecule has 0 heterocycles. The van der Waals surface area contributed by atoms with Crippen LogP contribution in [0.25, 0.3) is 0 Å². The molecule has 0 saturated heterocycles. The molecule has 0 spiro atoms. The van der Waals surface area contributed by atoms with Gasteiger partial charge in [-0.15, -0.1) is 0 Å². The van der Waals surface area contributed by atoms with Crippen molar-refractivity contribution in [2.45, 2.75) is 38.7 Å². The van der Waals surface area contributed by atoms with Crippen molar-refractivity contribution in [1.82, 2.24) is 5.32 Å². The maximum atomic E-state index is 11.6. The van der Waals surface area contributed by atoms with Gasteiger partial charge in [0, 0.05) is 24.9 Å². The Balaban J connectivity index is 2.26. The predicted molar refractivity (Wildman–Crippen MR) is 59.2 cm³/mol. The number of hydrogen-bond acceptors (Lipinski definition) is 3. The second-order valence-corrected chi connectivity index (χ2v) is 4.34. The third kappa shape index (κ3) is 3.47. The van der Waals surface area contributed by atoms with Crippen LogP contribution in [0.15, 0.2) is 0 Å². The van der Waals surface area contributed by atoms with Gasteiger partial charge in [-0.25, -0.2) is 0 Å². The maximum Gasteiger partial charge on any atom is 0.224 e. The van der Waals surface area contributed by atoms with Crippen LogP contribution in [0.5, 0.6) is 0 Å². The molecule has 4 nitrogen and oxygen atoms in total. The van der Waals surface area contributed by atoms with E-state index in [2.05, 4.69) is 5.32 Å². The molecule has 4 N–H and O–H groups in total. The number of amides is 1. The van der Waals surface area contributed by atoms with Crippen LogP contribution in [0.4, 0.5) is 0 Å². The molecule has 88 valence electrons. The standard InChI is InChI=1S/C11H22N2O2/c1-2-8(6-12)11(15)13-7-9-4-3-5-10(9)14/h8-10,14H,2-7,12H2,1H3,(H,13,15). The molecule has 0 aliphatic heterocycles. The van der Waals surface area contributed by atoms with Gasteiger partial charge in [0.15, 0.2) is 0 Å². The molecule has 0 aromatic heterocycles. The summed E-state index contributed by atoms with van der Waals surface area (Å²) in [6, 6.07) is 0. The Morgan fingerprint density at radius 1 is 1.60 bits per heavy atom. The van der Waals surface area contributed by atoms with E-state index in [-0.39, 0.29) is 23.8 Å². The highest BCUT2D eigenvalue weighted by Gasteiger charge is 2.26. The average Bonchev–Trinajstić information content (AvgIpc) is 2.63. The van der Waals surface area contributed by atoms with Gasteiger partial charge >= 0.3 is 0 Å². The molecule has 0 aromatic carbocycles. The third-order valence-electron chi connectivity index (χ3n) is 3.31. The Kier molecular flexibility index (Phi) is 5.05. The quantitative estimate of drug-likeness (QED) is 0.614. The molecule has 1 rings (SSSR count). The Labute approximate surface area is 91.2 Å². The second-order valence-electron chi connectivity index (χ2n) is 4.34. The lowest BCUT2D eigenvalue weighted by Gasteiger charge is -2.17. The molecule has 1 aliphatic rings. The van der Waals surface area contributed by atoms with Crippen molar-refractivity contribution in [2.24, 2.45) is 17.6 Å². The van der Waals surface area contributed by atoms with Crippen molar-refractivity contribution in [3.8, 4) is 0 Å². The van der Waals surface area contributed by atoms with E-state index in [1.807, 2.05) is 6.92 Å². The minimum absolute atomic E-state index is 0.0269. The van der Waals surface area contributed by atoms with E-state index in [1.165, 1.54) is 0 Å². The first-order chi connectivity index (χ1) is 7.19. The largest absolute Gasteiger partial charge is 0.393 e. The fourth-order valence-electron chi connectivity index (χ4n) is 2.09. The SMILES string of the molecule is CCC(CN)C(=O)NCC1CCCC1O. The van der Waals surface area contributed by atoms with E-state index in [0.29, 0.717) is 13.1 Å². The smallest absolute Gasteiger partial charge is 0.224 e. The number of hydrogen-bond donors (Lipinski definition) is 3. The first kappa shape index (κ1) is 12.5. The first-order valence-corrected chi connectivity index (χ1v) is 5.84. The number of nitrogens with two attached hydrogens (primary N) is 1. The molecular formula is C11H22N2O2. The van der Waals surface area contributed by atoms with Gasteiger partial charge in [-0.1, -0.05) is 13.3 Å². The average molecular weight is 214 g/mol. The van der Waals surface area contributed by atoms with Crippen molar-refractivity contribution >= 4 is 5.91 Å². The Morgan fingerprint density at radius 3 is 2.80 bits per heavy atom. The van der Waals surface area contributed by atoms with Crippen LogP contribution in [0.2, 0.25) is 0 Å². The molecule has 0 bridgehead atoms. The van der Waals surface area contributed by atoms with E-state index in [9.17, 15) is 9.90 Å². The lowest BCUT2D eigenvalue weighted by molar-refractivity contribution is -0.125. The van der Waals surface area contributed by atoms with Crippen molar-refractivity contribution in [3.05, 3.63) is 0 Å². The molecule has 0 radical (unpaired) electrons. The minimum atomic E-state index is -0.233. The number of nitrogens with one attached hydrogen (secondary N) is 1. The Bertz CT molecular complexity index is 205. The van der Waals surface area contributed by atoms with Gasteiger partial charge < -0.3 is 16.2 Å². The number of carbonyl (C=O) groups excluding carboxylic acids is 1. The van der Waals surface area contributed by atoms with Crippen molar-refractivity contribution in [3.63, 3.8) is 0 Å². The second kappa shape index (κ2) is 6.08. The molecule has 1 saturated carbocycles. The third-order valence-corrected chi connectivity index (χ3v) is 3.31. The van der Waals surface area contributed by atoms with Crippen LogP contribution < -0.4 is 11.1 Å². The van der Waals surface area contributed by atoms with Gasteiger partial charge in [0.25, 0.3) is 0 Å². The van der Waals surface area contributed by atoms with E-state index in [1.54, 1.807) is 0 Å². The molecule has 1 amide bonds. The summed E-state index contributed by atoms with van der Waals surface area (Å²) in [6.45, 7) is 2.95. The molecule has 1 aliphatic carbocycles. The molecular weight excluding hydrogens is 192 g/mol. The predicted octanol–water partition coefficient (Wildman–Crippen LogP) is 0.249. The Hall–Kier alpha value is -0.610. The summed E-state index contributed by atoms with van der Waals surface area (Å²) < 4.78 is 0. The van der Waals surface area contributed by atoms with Crippen LogP contribution in [-0.4, -0.2) is 30.2 Å². The van der Waals surface area contributed by atoms with Crippen molar-refractivity contribution in [1.29, 1.82) is 0 Å². The van der Waals surface area contributed by atoms with Crippen LogP contribution in [0, 0.1) is 11.8 Å². The number of aliphatic hydroxyl groups is 1. The molecule has 15 heavy (non-hydrogen) atoms. The molecule has 4 heteroatoms. The summed E-state index contributed by atoms with van der Waals surface area (Å²) in [5.41, 5.74) is 5.49. The molecule has 3 atom stereocenters. The van der Waals surface area contributed by atoms with E-state index in [4.69, 9.17) is 5.73 Å². The summed E-state index contributed by atoms with van der Waals surface area (Å²) in [7, 11) is 0. The summed E-state index contributed by atoms with van der Waals surface area (Å²) in [4.78, 5) is 11.6. The topological polar surface area (TPSA) is 75.4 Å². The first-order valence-electron chi connectivity index (χ1n) is 5.84. The van der Waals surface area contributed by atoms with Gasteiger partial charge in [0.1, 0.15) is 0 Å².